The number of H-pyrrole nitrogens is 1. The van der Waals surface area contributed by atoms with Crippen molar-refractivity contribution in [3.63, 3.8) is 0 Å². The number of aromatic nitrogens is 6. The van der Waals surface area contributed by atoms with Crippen LogP contribution < -0.4 is 4.90 Å². The Balaban J connectivity index is 1.39. The Morgan fingerprint density at radius 2 is 1.85 bits per heavy atom. The maximum absolute atomic E-state index is 12.8. The molecular weight excluding hydrogens is 414 g/mol. The van der Waals surface area contributed by atoms with E-state index in [-0.39, 0.29) is 11.8 Å². The van der Waals surface area contributed by atoms with Crippen LogP contribution in [0.15, 0.2) is 73.4 Å². The predicted octanol–water partition coefficient (Wildman–Crippen LogP) is 3.54. The molecule has 4 aromatic heterocycles. The molecule has 5 aromatic rings. The van der Waals surface area contributed by atoms with Crippen molar-refractivity contribution in [1.82, 2.24) is 29.5 Å². The average molecular weight is 435 g/mol. The van der Waals surface area contributed by atoms with Gasteiger partial charge in [0.2, 0.25) is 5.95 Å². The number of aryl methyl sites for hydroxylation is 1. The van der Waals surface area contributed by atoms with E-state index in [1.54, 1.807) is 30.9 Å². The lowest BCUT2D eigenvalue weighted by atomic mass is 10.00. The van der Waals surface area contributed by atoms with Gasteiger partial charge in [-0.3, -0.25) is 4.79 Å². The van der Waals surface area contributed by atoms with E-state index < -0.39 is 0 Å². The fourth-order valence-electron chi connectivity index (χ4n) is 4.44. The number of nitrogens with one attached hydrogen (secondary N) is 1. The van der Waals surface area contributed by atoms with E-state index >= 15 is 0 Å². The SMILES string of the molecule is Cc1cccn2nc([C@H]3c4nc[nH]c4CCN3c3ncc(C(=O)c4ccccc4)cn3)cc12. The zero-order valence-corrected chi connectivity index (χ0v) is 18.0. The lowest BCUT2D eigenvalue weighted by Crippen LogP contribution is -2.37. The molecule has 0 aliphatic carbocycles. The number of ketones is 1. The van der Waals surface area contributed by atoms with Crippen LogP contribution in [0, 0.1) is 6.92 Å². The third-order valence-corrected chi connectivity index (χ3v) is 6.13. The molecule has 0 saturated heterocycles. The Kier molecular flexibility index (Phi) is 4.50. The van der Waals surface area contributed by atoms with Crippen molar-refractivity contribution in [3.8, 4) is 0 Å². The number of rotatable bonds is 4. The molecule has 1 aromatic carbocycles. The molecule has 1 atom stereocenters. The summed E-state index contributed by atoms with van der Waals surface area (Å²) >= 11 is 0. The largest absolute Gasteiger partial charge is 0.348 e. The Hall–Kier alpha value is -4.33. The predicted molar refractivity (Wildman–Crippen MR) is 123 cm³/mol. The van der Waals surface area contributed by atoms with Gasteiger partial charge in [0.25, 0.3) is 0 Å². The first kappa shape index (κ1) is 19.4. The van der Waals surface area contributed by atoms with E-state index in [2.05, 4.69) is 43.9 Å². The minimum atomic E-state index is -0.227. The number of pyridine rings is 1. The monoisotopic (exact) mass is 435 g/mol. The van der Waals surface area contributed by atoms with Gasteiger partial charge in [-0.2, -0.15) is 5.10 Å². The number of nitrogens with zero attached hydrogens (tertiary/aromatic N) is 6. The van der Waals surface area contributed by atoms with Crippen LogP contribution in [0.3, 0.4) is 0 Å². The molecule has 5 heterocycles. The van der Waals surface area contributed by atoms with Gasteiger partial charge in [-0.25, -0.2) is 19.5 Å². The molecule has 1 aliphatic rings. The quantitative estimate of drug-likeness (QED) is 0.434. The topological polar surface area (TPSA) is 92.1 Å². The number of aromatic amines is 1. The van der Waals surface area contributed by atoms with Crippen LogP contribution in [0.1, 0.15) is 44.6 Å². The van der Waals surface area contributed by atoms with Crippen LogP contribution in [-0.4, -0.2) is 41.9 Å². The highest BCUT2D eigenvalue weighted by atomic mass is 16.1. The average Bonchev–Trinajstić information content (AvgIpc) is 3.51. The molecule has 0 bridgehead atoms. The molecule has 0 spiro atoms. The Labute approximate surface area is 190 Å². The minimum absolute atomic E-state index is 0.0947. The van der Waals surface area contributed by atoms with Crippen molar-refractivity contribution in [2.45, 2.75) is 19.4 Å². The third kappa shape index (κ3) is 3.27. The molecule has 33 heavy (non-hydrogen) atoms. The van der Waals surface area contributed by atoms with Gasteiger partial charge in [0.05, 0.1) is 28.8 Å². The number of carbonyl (C=O) groups is 1. The highest BCUT2D eigenvalue weighted by Crippen LogP contribution is 2.35. The van der Waals surface area contributed by atoms with Gasteiger partial charge < -0.3 is 9.88 Å². The molecule has 0 unspecified atom stereocenters. The molecule has 6 rings (SSSR count). The van der Waals surface area contributed by atoms with Crippen molar-refractivity contribution in [2.24, 2.45) is 0 Å². The number of benzene rings is 1. The number of anilines is 1. The Morgan fingerprint density at radius 3 is 2.64 bits per heavy atom. The first-order chi connectivity index (χ1) is 16.2. The first-order valence-electron chi connectivity index (χ1n) is 10.8. The second-order valence-corrected chi connectivity index (χ2v) is 8.17. The molecule has 8 heteroatoms. The van der Waals surface area contributed by atoms with Gasteiger partial charge in [-0.1, -0.05) is 36.4 Å². The van der Waals surface area contributed by atoms with Crippen LogP contribution in [0.4, 0.5) is 5.95 Å². The fraction of sp³-hybridized carbons (Fsp3) is 0.160. The summed E-state index contributed by atoms with van der Waals surface area (Å²) in [7, 11) is 0. The molecular formula is C25H21N7O. The van der Waals surface area contributed by atoms with E-state index in [1.807, 2.05) is 35.0 Å². The number of imidazole rings is 1. The van der Waals surface area contributed by atoms with Crippen molar-refractivity contribution in [3.05, 3.63) is 107 Å². The summed E-state index contributed by atoms with van der Waals surface area (Å²) in [5.74, 6) is 0.454. The standard InChI is InChI=1S/C25H21N7O/c1-16-6-5-10-32-21(16)12-20(30-32)23-22-19(28-15-29-22)9-11-31(23)25-26-13-18(14-27-25)24(33)17-7-3-2-4-8-17/h2-8,10,12-15,23H,9,11H2,1H3,(H,28,29)/t23-/m0/s1. The van der Waals surface area contributed by atoms with Crippen LogP contribution >= 0.6 is 0 Å². The normalized spacial score (nSPS) is 15.5. The molecule has 1 aliphatic heterocycles. The van der Waals surface area contributed by atoms with E-state index in [1.165, 1.54) is 0 Å². The fourth-order valence-corrected chi connectivity index (χ4v) is 4.44. The van der Waals surface area contributed by atoms with Crippen molar-refractivity contribution in [2.75, 3.05) is 11.4 Å². The first-order valence-corrected chi connectivity index (χ1v) is 10.8. The summed E-state index contributed by atoms with van der Waals surface area (Å²) in [5.41, 5.74) is 6.19. The van der Waals surface area contributed by atoms with Crippen LogP contribution in [0.25, 0.3) is 5.52 Å². The maximum atomic E-state index is 12.8. The highest BCUT2D eigenvalue weighted by Gasteiger charge is 2.34. The number of hydrogen-bond acceptors (Lipinski definition) is 6. The smallest absolute Gasteiger partial charge is 0.226 e. The van der Waals surface area contributed by atoms with Gasteiger partial charge in [0, 0.05) is 42.8 Å². The van der Waals surface area contributed by atoms with Crippen LogP contribution in [-0.2, 0) is 6.42 Å². The second kappa shape index (κ2) is 7.67. The lowest BCUT2D eigenvalue weighted by molar-refractivity contribution is 0.103. The van der Waals surface area contributed by atoms with Crippen LogP contribution in [0.2, 0.25) is 0 Å². The molecule has 0 saturated carbocycles. The summed E-state index contributed by atoms with van der Waals surface area (Å²) in [4.78, 5) is 31.9. The zero-order valence-electron chi connectivity index (χ0n) is 18.0. The molecule has 8 nitrogen and oxygen atoms in total. The Bertz CT molecular complexity index is 1450. The van der Waals surface area contributed by atoms with Gasteiger partial charge in [0.15, 0.2) is 5.78 Å². The lowest BCUT2D eigenvalue weighted by Gasteiger charge is -2.33. The number of hydrogen-bond donors (Lipinski definition) is 1. The molecule has 162 valence electrons. The zero-order chi connectivity index (χ0) is 22.4. The summed E-state index contributed by atoms with van der Waals surface area (Å²) < 4.78 is 1.90. The number of fused-ring (bicyclic) bond motifs is 2. The van der Waals surface area contributed by atoms with Gasteiger partial charge >= 0.3 is 0 Å². The maximum Gasteiger partial charge on any atom is 0.226 e. The van der Waals surface area contributed by atoms with E-state index in [0.29, 0.717) is 23.6 Å². The van der Waals surface area contributed by atoms with Gasteiger partial charge in [-0.15, -0.1) is 0 Å². The van der Waals surface area contributed by atoms with Crippen molar-refractivity contribution < 1.29 is 4.79 Å². The molecule has 0 amide bonds. The number of carbonyl (C=O) groups excluding carboxylic acids is 1. The van der Waals surface area contributed by atoms with Gasteiger partial charge in [0.1, 0.15) is 6.04 Å². The van der Waals surface area contributed by atoms with Gasteiger partial charge in [-0.05, 0) is 24.6 Å². The van der Waals surface area contributed by atoms with E-state index in [0.717, 1.165) is 34.6 Å². The van der Waals surface area contributed by atoms with Crippen LogP contribution in [0.5, 0.6) is 0 Å². The summed E-state index contributed by atoms with van der Waals surface area (Å²) in [6, 6.07) is 15.1. The summed E-state index contributed by atoms with van der Waals surface area (Å²) in [6.45, 7) is 2.78. The van der Waals surface area contributed by atoms with E-state index in [4.69, 9.17) is 5.10 Å². The summed E-state index contributed by atoms with van der Waals surface area (Å²) in [6.07, 6.45) is 7.67. The molecule has 0 radical (unpaired) electrons. The van der Waals surface area contributed by atoms with Crippen molar-refractivity contribution in [1.29, 1.82) is 0 Å². The highest BCUT2D eigenvalue weighted by molar-refractivity contribution is 6.08. The minimum Gasteiger partial charge on any atom is -0.348 e. The second-order valence-electron chi connectivity index (χ2n) is 8.17. The summed E-state index contributed by atoms with van der Waals surface area (Å²) in [5, 5.41) is 4.85. The molecule has 0 fully saturated rings. The Morgan fingerprint density at radius 1 is 1.03 bits per heavy atom. The van der Waals surface area contributed by atoms with E-state index in [9.17, 15) is 4.79 Å². The molecule has 1 N–H and O–H groups in total. The third-order valence-electron chi connectivity index (χ3n) is 6.13. The van der Waals surface area contributed by atoms with Crippen molar-refractivity contribution >= 4 is 17.2 Å².